The summed E-state index contributed by atoms with van der Waals surface area (Å²) in [5.41, 5.74) is 3.63. The van der Waals surface area contributed by atoms with E-state index in [1.54, 1.807) is 18.2 Å². The number of nitrogens with zero attached hydrogens (tertiary/aromatic N) is 4. The van der Waals surface area contributed by atoms with Gasteiger partial charge >= 0.3 is 6.18 Å². The van der Waals surface area contributed by atoms with E-state index < -0.39 is 11.7 Å². The van der Waals surface area contributed by atoms with Crippen LogP contribution in [0.3, 0.4) is 0 Å². The van der Waals surface area contributed by atoms with Crippen LogP contribution in [-0.4, -0.2) is 15.7 Å². The van der Waals surface area contributed by atoms with Crippen LogP contribution in [0.5, 0.6) is 11.5 Å². The Balaban J connectivity index is 1.54. The summed E-state index contributed by atoms with van der Waals surface area (Å²) < 4.78 is 43.9. The van der Waals surface area contributed by atoms with Gasteiger partial charge in [-0.05, 0) is 36.4 Å². The summed E-state index contributed by atoms with van der Waals surface area (Å²) in [5.74, 6) is 0.689. The molecule has 0 radical (unpaired) electrons. The summed E-state index contributed by atoms with van der Waals surface area (Å²) in [6, 6.07) is 17.0. The lowest BCUT2D eigenvalue weighted by molar-refractivity contribution is -0.137. The third kappa shape index (κ3) is 3.26. The van der Waals surface area contributed by atoms with E-state index in [-0.39, 0.29) is 5.75 Å². The van der Waals surface area contributed by atoms with Crippen LogP contribution in [0.2, 0.25) is 0 Å². The SMILES string of the molecule is N#CN=C1c2ccccc2-c2nc3cc(Oc4ccc(C(F)(F)F)cc4)ccc3nc21. The van der Waals surface area contributed by atoms with E-state index in [0.717, 1.165) is 23.3 Å². The predicted octanol–water partition coefficient (Wildman–Crippen LogP) is 5.74. The molecule has 1 aliphatic carbocycles. The highest BCUT2D eigenvalue weighted by molar-refractivity contribution is 6.23. The van der Waals surface area contributed by atoms with Gasteiger partial charge in [-0.3, -0.25) is 0 Å². The van der Waals surface area contributed by atoms with E-state index in [4.69, 9.17) is 15.0 Å². The first-order valence-corrected chi connectivity index (χ1v) is 9.18. The van der Waals surface area contributed by atoms with Gasteiger partial charge in [0.1, 0.15) is 22.9 Å². The Labute approximate surface area is 174 Å². The van der Waals surface area contributed by atoms with E-state index in [0.29, 0.717) is 33.9 Å². The Kier molecular flexibility index (Phi) is 4.19. The van der Waals surface area contributed by atoms with Crippen LogP contribution in [0.4, 0.5) is 13.2 Å². The van der Waals surface area contributed by atoms with Crippen molar-refractivity contribution in [2.75, 3.05) is 0 Å². The van der Waals surface area contributed by atoms with Gasteiger partial charge in [-0.1, -0.05) is 24.3 Å². The van der Waals surface area contributed by atoms with Crippen molar-refractivity contribution in [3.05, 3.63) is 83.6 Å². The molecule has 0 saturated carbocycles. The molecule has 0 bridgehead atoms. The van der Waals surface area contributed by atoms with E-state index in [9.17, 15) is 13.2 Å². The number of hydrogen-bond donors (Lipinski definition) is 0. The summed E-state index contributed by atoms with van der Waals surface area (Å²) in [5, 5.41) is 9.06. The number of nitriles is 1. The van der Waals surface area contributed by atoms with Crippen LogP contribution in [0, 0.1) is 11.5 Å². The first-order valence-electron chi connectivity index (χ1n) is 9.18. The summed E-state index contributed by atoms with van der Waals surface area (Å²) in [6.07, 6.45) is -2.58. The Morgan fingerprint density at radius 2 is 1.48 bits per heavy atom. The molecule has 8 heteroatoms. The van der Waals surface area contributed by atoms with Gasteiger partial charge in [0.15, 0.2) is 0 Å². The standard InChI is InChI=1S/C23H11F3N4O/c24-23(25,26)13-5-7-14(8-6-13)31-15-9-10-18-19(11-15)30-21-17-4-2-1-3-16(17)20(28-12-27)22(21)29-18/h1-11H. The molecule has 31 heavy (non-hydrogen) atoms. The lowest BCUT2D eigenvalue weighted by Crippen LogP contribution is -2.04. The third-order valence-corrected chi connectivity index (χ3v) is 4.88. The average molecular weight is 416 g/mol. The largest absolute Gasteiger partial charge is 0.457 e. The molecule has 1 aliphatic rings. The van der Waals surface area contributed by atoms with Gasteiger partial charge in [0.2, 0.25) is 6.19 Å². The van der Waals surface area contributed by atoms with Crippen molar-refractivity contribution in [3.8, 4) is 28.9 Å². The normalized spacial score (nSPS) is 13.7. The lowest BCUT2D eigenvalue weighted by Gasteiger charge is -2.10. The Hall–Kier alpha value is -4.25. The maximum absolute atomic E-state index is 12.7. The highest BCUT2D eigenvalue weighted by Crippen LogP contribution is 2.36. The van der Waals surface area contributed by atoms with E-state index in [1.165, 1.54) is 12.1 Å². The fraction of sp³-hybridized carbons (Fsp3) is 0.0435. The van der Waals surface area contributed by atoms with Gasteiger partial charge in [-0.2, -0.15) is 23.4 Å². The molecule has 4 aromatic rings. The molecule has 0 N–H and O–H groups in total. The summed E-state index contributed by atoms with van der Waals surface area (Å²) >= 11 is 0. The number of alkyl halides is 3. The molecule has 150 valence electrons. The van der Waals surface area contributed by atoms with Crippen LogP contribution < -0.4 is 4.74 Å². The molecular formula is C23H11F3N4O. The second-order valence-electron chi connectivity index (χ2n) is 6.80. The lowest BCUT2D eigenvalue weighted by atomic mass is 10.1. The number of halogens is 3. The topological polar surface area (TPSA) is 71.2 Å². The molecular weight excluding hydrogens is 405 g/mol. The molecule has 0 amide bonds. The fourth-order valence-electron chi connectivity index (χ4n) is 3.49. The zero-order chi connectivity index (χ0) is 21.6. The van der Waals surface area contributed by atoms with Crippen molar-refractivity contribution in [1.29, 1.82) is 5.26 Å². The Morgan fingerprint density at radius 3 is 2.19 bits per heavy atom. The van der Waals surface area contributed by atoms with Crippen molar-refractivity contribution < 1.29 is 17.9 Å². The van der Waals surface area contributed by atoms with Crippen molar-refractivity contribution in [2.24, 2.45) is 4.99 Å². The second kappa shape index (κ2) is 6.92. The smallest absolute Gasteiger partial charge is 0.416 e. The molecule has 3 aromatic carbocycles. The first-order chi connectivity index (χ1) is 14.9. The van der Waals surface area contributed by atoms with Crippen LogP contribution in [0.25, 0.3) is 22.3 Å². The maximum Gasteiger partial charge on any atom is 0.416 e. The molecule has 1 aromatic heterocycles. The van der Waals surface area contributed by atoms with Gasteiger partial charge in [0.25, 0.3) is 0 Å². The van der Waals surface area contributed by atoms with E-state index in [2.05, 4.69) is 9.98 Å². The van der Waals surface area contributed by atoms with Gasteiger partial charge in [-0.15, -0.1) is 0 Å². The number of fused-ring (bicyclic) bond motifs is 4. The van der Waals surface area contributed by atoms with Crippen molar-refractivity contribution in [1.82, 2.24) is 9.97 Å². The molecule has 0 unspecified atom stereocenters. The second-order valence-corrected chi connectivity index (χ2v) is 6.80. The van der Waals surface area contributed by atoms with Gasteiger partial charge in [0, 0.05) is 17.2 Å². The van der Waals surface area contributed by atoms with Crippen LogP contribution in [0.15, 0.2) is 71.7 Å². The van der Waals surface area contributed by atoms with Gasteiger partial charge in [0.05, 0.1) is 22.3 Å². The Bertz CT molecular complexity index is 1400. The predicted molar refractivity (Wildman–Crippen MR) is 108 cm³/mol. The number of aliphatic imine (C=N–C) groups is 1. The molecule has 5 rings (SSSR count). The zero-order valence-electron chi connectivity index (χ0n) is 15.7. The highest BCUT2D eigenvalue weighted by Gasteiger charge is 2.30. The summed E-state index contributed by atoms with van der Waals surface area (Å²) in [6.45, 7) is 0. The zero-order valence-corrected chi connectivity index (χ0v) is 15.7. The first kappa shape index (κ1) is 18.8. The maximum atomic E-state index is 12.7. The minimum Gasteiger partial charge on any atom is -0.457 e. The highest BCUT2D eigenvalue weighted by atomic mass is 19.4. The number of benzene rings is 3. The van der Waals surface area contributed by atoms with Crippen LogP contribution >= 0.6 is 0 Å². The van der Waals surface area contributed by atoms with Crippen molar-refractivity contribution >= 4 is 16.7 Å². The quantitative estimate of drug-likeness (QED) is 0.344. The minimum atomic E-state index is -4.40. The van der Waals surface area contributed by atoms with E-state index in [1.807, 2.05) is 30.5 Å². The molecule has 0 fully saturated rings. The molecule has 0 atom stereocenters. The number of ether oxygens (including phenoxy) is 1. The van der Waals surface area contributed by atoms with Crippen molar-refractivity contribution in [3.63, 3.8) is 0 Å². The molecule has 0 saturated heterocycles. The van der Waals surface area contributed by atoms with Crippen LogP contribution in [0.1, 0.15) is 16.8 Å². The summed E-state index contributed by atoms with van der Waals surface area (Å²) in [4.78, 5) is 13.3. The summed E-state index contributed by atoms with van der Waals surface area (Å²) in [7, 11) is 0. The Morgan fingerprint density at radius 1 is 0.806 bits per heavy atom. The monoisotopic (exact) mass is 416 g/mol. The van der Waals surface area contributed by atoms with Gasteiger partial charge in [-0.25, -0.2) is 9.97 Å². The average Bonchev–Trinajstić information content (AvgIpc) is 3.05. The van der Waals surface area contributed by atoms with Crippen molar-refractivity contribution in [2.45, 2.75) is 6.18 Å². The number of rotatable bonds is 2. The van der Waals surface area contributed by atoms with Gasteiger partial charge < -0.3 is 4.74 Å². The molecule has 0 aliphatic heterocycles. The van der Waals surface area contributed by atoms with Crippen LogP contribution in [-0.2, 0) is 6.18 Å². The van der Waals surface area contributed by atoms with E-state index >= 15 is 0 Å². The molecule has 1 heterocycles. The number of hydrogen-bond acceptors (Lipinski definition) is 5. The minimum absolute atomic E-state index is 0.273. The third-order valence-electron chi connectivity index (χ3n) is 4.88. The fourth-order valence-corrected chi connectivity index (χ4v) is 3.49. The molecule has 0 spiro atoms. The molecule has 5 nitrogen and oxygen atoms in total. The number of aromatic nitrogens is 2.